The fourth-order valence-corrected chi connectivity index (χ4v) is 2.07. The first-order valence-electron chi connectivity index (χ1n) is 6.72. The van der Waals surface area contributed by atoms with Gasteiger partial charge in [0.05, 0.1) is 13.7 Å². The minimum Gasteiger partial charge on any atom is -0.493 e. The first kappa shape index (κ1) is 15.8. The second kappa shape index (κ2) is 8.02. The standard InChI is InChI=1S/C15H25NO3/c1-5-10-19-14-7-6-12(11-15(14)18-4)13(8-9-17)16(2)3/h6-7,11,13,17H,5,8-10H2,1-4H3. The molecule has 1 aromatic carbocycles. The normalized spacial score (nSPS) is 12.5. The minimum absolute atomic E-state index is 0.166. The number of hydrogen-bond donors (Lipinski definition) is 1. The zero-order chi connectivity index (χ0) is 14.3. The molecule has 0 saturated carbocycles. The number of ether oxygens (including phenoxy) is 2. The Balaban J connectivity index is 2.96. The zero-order valence-electron chi connectivity index (χ0n) is 12.3. The van der Waals surface area contributed by atoms with E-state index in [4.69, 9.17) is 14.6 Å². The van der Waals surface area contributed by atoms with E-state index in [2.05, 4.69) is 11.8 Å². The van der Waals surface area contributed by atoms with Crippen molar-refractivity contribution in [2.75, 3.05) is 34.4 Å². The highest BCUT2D eigenvalue weighted by Gasteiger charge is 2.16. The third-order valence-corrected chi connectivity index (χ3v) is 3.06. The molecule has 0 aliphatic rings. The van der Waals surface area contributed by atoms with E-state index >= 15 is 0 Å². The first-order chi connectivity index (χ1) is 9.13. The lowest BCUT2D eigenvalue weighted by molar-refractivity contribution is 0.210. The Morgan fingerprint density at radius 1 is 1.26 bits per heavy atom. The highest BCUT2D eigenvalue weighted by Crippen LogP contribution is 2.32. The summed E-state index contributed by atoms with van der Waals surface area (Å²) in [6.07, 6.45) is 1.67. The first-order valence-corrected chi connectivity index (χ1v) is 6.72. The van der Waals surface area contributed by atoms with E-state index in [-0.39, 0.29) is 12.6 Å². The molecule has 0 spiro atoms. The third-order valence-electron chi connectivity index (χ3n) is 3.06. The Hall–Kier alpha value is -1.26. The van der Waals surface area contributed by atoms with E-state index in [0.717, 1.165) is 23.5 Å². The summed E-state index contributed by atoms with van der Waals surface area (Å²) in [5.41, 5.74) is 1.12. The molecule has 1 aromatic rings. The van der Waals surface area contributed by atoms with Crippen LogP contribution in [0.3, 0.4) is 0 Å². The van der Waals surface area contributed by atoms with Gasteiger partial charge in [-0.2, -0.15) is 0 Å². The number of hydrogen-bond acceptors (Lipinski definition) is 4. The molecular formula is C15H25NO3. The molecule has 0 saturated heterocycles. The van der Waals surface area contributed by atoms with Gasteiger partial charge in [-0.3, -0.25) is 0 Å². The summed E-state index contributed by atoms with van der Waals surface area (Å²) in [6.45, 7) is 2.92. The number of rotatable bonds is 8. The Kier molecular flexibility index (Phi) is 6.67. The van der Waals surface area contributed by atoms with Gasteiger partial charge in [0.15, 0.2) is 11.5 Å². The number of aliphatic hydroxyl groups excluding tert-OH is 1. The van der Waals surface area contributed by atoms with Gasteiger partial charge in [0, 0.05) is 12.6 Å². The molecule has 0 heterocycles. The third kappa shape index (κ3) is 4.40. The fraction of sp³-hybridized carbons (Fsp3) is 0.600. The molecule has 0 bridgehead atoms. The van der Waals surface area contributed by atoms with Crippen LogP contribution in [0.25, 0.3) is 0 Å². The highest BCUT2D eigenvalue weighted by molar-refractivity contribution is 5.43. The van der Waals surface area contributed by atoms with E-state index in [0.29, 0.717) is 13.0 Å². The molecule has 0 amide bonds. The van der Waals surface area contributed by atoms with Crippen LogP contribution in [0, 0.1) is 0 Å². The van der Waals surface area contributed by atoms with Crippen LogP contribution in [-0.2, 0) is 0 Å². The quantitative estimate of drug-likeness (QED) is 0.785. The Bertz CT molecular complexity index is 380. The van der Waals surface area contributed by atoms with Crippen LogP contribution in [0.5, 0.6) is 11.5 Å². The molecule has 1 unspecified atom stereocenters. The monoisotopic (exact) mass is 267 g/mol. The van der Waals surface area contributed by atoms with Crippen molar-refractivity contribution in [3.63, 3.8) is 0 Å². The summed E-state index contributed by atoms with van der Waals surface area (Å²) in [4.78, 5) is 2.09. The van der Waals surface area contributed by atoms with E-state index < -0.39 is 0 Å². The largest absolute Gasteiger partial charge is 0.493 e. The van der Waals surface area contributed by atoms with Crippen molar-refractivity contribution >= 4 is 0 Å². The smallest absolute Gasteiger partial charge is 0.161 e. The average Bonchev–Trinajstić information content (AvgIpc) is 2.42. The van der Waals surface area contributed by atoms with Gasteiger partial charge in [0.25, 0.3) is 0 Å². The van der Waals surface area contributed by atoms with Crippen molar-refractivity contribution < 1.29 is 14.6 Å². The van der Waals surface area contributed by atoms with Crippen molar-refractivity contribution in [3.8, 4) is 11.5 Å². The summed E-state index contributed by atoms with van der Waals surface area (Å²) >= 11 is 0. The van der Waals surface area contributed by atoms with Gasteiger partial charge >= 0.3 is 0 Å². The van der Waals surface area contributed by atoms with Crippen molar-refractivity contribution in [2.24, 2.45) is 0 Å². The van der Waals surface area contributed by atoms with Crippen LogP contribution in [0.15, 0.2) is 18.2 Å². The summed E-state index contributed by atoms with van der Waals surface area (Å²) in [7, 11) is 5.66. The van der Waals surface area contributed by atoms with Gasteiger partial charge < -0.3 is 19.5 Å². The maximum atomic E-state index is 9.16. The molecule has 0 aliphatic carbocycles. The maximum Gasteiger partial charge on any atom is 0.161 e. The summed E-state index contributed by atoms with van der Waals surface area (Å²) in [6, 6.07) is 6.15. The van der Waals surface area contributed by atoms with Crippen molar-refractivity contribution in [2.45, 2.75) is 25.8 Å². The molecule has 1 rings (SSSR count). The van der Waals surface area contributed by atoms with Crippen LogP contribution in [0.2, 0.25) is 0 Å². The molecule has 19 heavy (non-hydrogen) atoms. The number of methoxy groups -OCH3 is 1. The highest BCUT2D eigenvalue weighted by atomic mass is 16.5. The molecule has 1 N–H and O–H groups in total. The average molecular weight is 267 g/mol. The van der Waals surface area contributed by atoms with Gasteiger partial charge in [0.1, 0.15) is 0 Å². The minimum atomic E-state index is 0.166. The lowest BCUT2D eigenvalue weighted by Crippen LogP contribution is -2.21. The van der Waals surface area contributed by atoms with Gasteiger partial charge in [-0.25, -0.2) is 0 Å². The van der Waals surface area contributed by atoms with Crippen molar-refractivity contribution in [1.29, 1.82) is 0 Å². The number of benzene rings is 1. The van der Waals surface area contributed by atoms with Gasteiger partial charge in [-0.15, -0.1) is 0 Å². The lowest BCUT2D eigenvalue weighted by Gasteiger charge is -2.25. The van der Waals surface area contributed by atoms with E-state index in [1.165, 1.54) is 0 Å². The Morgan fingerprint density at radius 2 is 2.00 bits per heavy atom. The van der Waals surface area contributed by atoms with Gasteiger partial charge in [-0.1, -0.05) is 13.0 Å². The molecule has 0 aliphatic heterocycles. The molecule has 4 heteroatoms. The number of aliphatic hydroxyl groups is 1. The molecule has 108 valence electrons. The molecule has 4 nitrogen and oxygen atoms in total. The second-order valence-corrected chi connectivity index (χ2v) is 4.75. The molecule has 0 fully saturated rings. The molecule has 0 radical (unpaired) electrons. The molecule has 1 atom stereocenters. The van der Waals surface area contributed by atoms with Gasteiger partial charge in [-0.05, 0) is 44.6 Å². The van der Waals surface area contributed by atoms with Crippen molar-refractivity contribution in [1.82, 2.24) is 4.90 Å². The SMILES string of the molecule is CCCOc1ccc(C(CCO)N(C)C)cc1OC. The fourth-order valence-electron chi connectivity index (χ4n) is 2.07. The maximum absolute atomic E-state index is 9.16. The summed E-state index contributed by atoms with van der Waals surface area (Å²) < 4.78 is 11.0. The van der Waals surface area contributed by atoms with Crippen LogP contribution < -0.4 is 9.47 Å². The predicted octanol–water partition coefficient (Wildman–Crippen LogP) is 2.47. The number of nitrogens with zero attached hydrogens (tertiary/aromatic N) is 1. The van der Waals surface area contributed by atoms with E-state index in [9.17, 15) is 0 Å². The second-order valence-electron chi connectivity index (χ2n) is 4.75. The van der Waals surface area contributed by atoms with Crippen LogP contribution in [0.1, 0.15) is 31.4 Å². The lowest BCUT2D eigenvalue weighted by atomic mass is 10.0. The van der Waals surface area contributed by atoms with Crippen molar-refractivity contribution in [3.05, 3.63) is 23.8 Å². The van der Waals surface area contributed by atoms with E-state index in [1.54, 1.807) is 7.11 Å². The summed E-state index contributed by atoms with van der Waals surface area (Å²) in [5.74, 6) is 1.52. The predicted molar refractivity (Wildman–Crippen MR) is 76.9 cm³/mol. The van der Waals surface area contributed by atoms with Gasteiger partial charge in [0.2, 0.25) is 0 Å². The Morgan fingerprint density at radius 3 is 2.53 bits per heavy atom. The summed E-state index contributed by atoms with van der Waals surface area (Å²) in [5, 5.41) is 9.16. The topological polar surface area (TPSA) is 41.9 Å². The zero-order valence-corrected chi connectivity index (χ0v) is 12.3. The van der Waals surface area contributed by atoms with Crippen LogP contribution in [0.4, 0.5) is 0 Å². The van der Waals surface area contributed by atoms with Crippen LogP contribution in [-0.4, -0.2) is 44.4 Å². The van der Waals surface area contributed by atoms with E-state index in [1.807, 2.05) is 32.3 Å². The molecule has 0 aromatic heterocycles. The Labute approximate surface area is 115 Å². The van der Waals surface area contributed by atoms with Crippen LogP contribution >= 0.6 is 0 Å². The molecular weight excluding hydrogens is 242 g/mol.